The summed E-state index contributed by atoms with van der Waals surface area (Å²) in [6.07, 6.45) is 2.90. The van der Waals surface area contributed by atoms with Gasteiger partial charge in [0, 0.05) is 11.1 Å². The van der Waals surface area contributed by atoms with Crippen LogP contribution in [-0.2, 0) is 11.8 Å². The van der Waals surface area contributed by atoms with Gasteiger partial charge in [0.15, 0.2) is 0 Å². The molecule has 1 aromatic rings. The van der Waals surface area contributed by atoms with Crippen LogP contribution in [0.2, 0.25) is 0 Å². The number of benzene rings is 1. The Kier molecular flexibility index (Phi) is 4.20. The highest BCUT2D eigenvalue weighted by atomic mass is 16.5. The molecule has 0 aliphatic carbocycles. The molecule has 0 bridgehead atoms. The Morgan fingerprint density at radius 2 is 2.00 bits per heavy atom. The van der Waals surface area contributed by atoms with Crippen molar-refractivity contribution < 1.29 is 4.74 Å². The SMILES string of the molecule is C=C=Cc1cc(CC)cc(C(C)(C)C)c1OC. The third-order valence-corrected chi connectivity index (χ3v) is 2.86. The summed E-state index contributed by atoms with van der Waals surface area (Å²) in [5, 5.41) is 0. The maximum atomic E-state index is 5.56. The molecule has 0 aliphatic rings. The van der Waals surface area contributed by atoms with Crippen molar-refractivity contribution in [2.45, 2.75) is 39.5 Å². The Balaban J connectivity index is 3.56. The second-order valence-electron chi connectivity index (χ2n) is 5.22. The Labute approximate surface area is 105 Å². The van der Waals surface area contributed by atoms with Crippen molar-refractivity contribution in [3.63, 3.8) is 0 Å². The van der Waals surface area contributed by atoms with Crippen molar-refractivity contribution in [3.8, 4) is 5.75 Å². The Morgan fingerprint density at radius 1 is 1.35 bits per heavy atom. The van der Waals surface area contributed by atoms with Gasteiger partial charge in [0.1, 0.15) is 5.75 Å². The van der Waals surface area contributed by atoms with Crippen molar-refractivity contribution in [1.29, 1.82) is 0 Å². The van der Waals surface area contributed by atoms with Crippen molar-refractivity contribution in [2.24, 2.45) is 0 Å². The predicted octanol–water partition coefficient (Wildman–Crippen LogP) is 4.35. The molecule has 0 unspecified atom stereocenters. The minimum Gasteiger partial charge on any atom is -0.496 e. The molecule has 1 aromatic carbocycles. The zero-order valence-electron chi connectivity index (χ0n) is 11.6. The van der Waals surface area contributed by atoms with E-state index in [0.717, 1.165) is 17.7 Å². The standard InChI is InChI=1S/C16H22O/c1-7-9-13-10-12(8-2)11-14(15(13)17-6)16(3,4)5/h9-11H,1,8H2,2-6H3. The summed E-state index contributed by atoms with van der Waals surface area (Å²) in [5.41, 5.74) is 6.52. The van der Waals surface area contributed by atoms with E-state index in [2.05, 4.69) is 52.1 Å². The second-order valence-corrected chi connectivity index (χ2v) is 5.22. The smallest absolute Gasteiger partial charge is 0.130 e. The molecule has 0 aliphatic heterocycles. The maximum absolute atomic E-state index is 5.56. The normalized spacial score (nSPS) is 10.9. The lowest BCUT2D eigenvalue weighted by atomic mass is 9.83. The van der Waals surface area contributed by atoms with Gasteiger partial charge in [0.25, 0.3) is 0 Å². The molecular weight excluding hydrogens is 208 g/mol. The molecule has 0 amide bonds. The van der Waals surface area contributed by atoms with Crippen LogP contribution >= 0.6 is 0 Å². The second kappa shape index (κ2) is 5.25. The number of hydrogen-bond acceptors (Lipinski definition) is 1. The van der Waals surface area contributed by atoms with Crippen LogP contribution in [0.5, 0.6) is 5.75 Å². The molecule has 1 rings (SSSR count). The number of rotatable bonds is 3. The fraction of sp³-hybridized carbons (Fsp3) is 0.438. The van der Waals surface area contributed by atoms with Crippen LogP contribution in [0, 0.1) is 0 Å². The monoisotopic (exact) mass is 230 g/mol. The summed E-state index contributed by atoms with van der Waals surface area (Å²) in [6, 6.07) is 4.38. The average Bonchev–Trinajstić information content (AvgIpc) is 2.27. The van der Waals surface area contributed by atoms with Gasteiger partial charge in [0.2, 0.25) is 0 Å². The van der Waals surface area contributed by atoms with Crippen LogP contribution < -0.4 is 4.74 Å². The number of aryl methyl sites for hydroxylation is 1. The lowest BCUT2D eigenvalue weighted by Crippen LogP contribution is -2.14. The van der Waals surface area contributed by atoms with Gasteiger partial charge in [-0.3, -0.25) is 0 Å². The molecule has 17 heavy (non-hydrogen) atoms. The van der Waals surface area contributed by atoms with Crippen LogP contribution in [0.1, 0.15) is 44.4 Å². The summed E-state index contributed by atoms with van der Waals surface area (Å²) in [5.74, 6) is 0.936. The first kappa shape index (κ1) is 13.6. The fourth-order valence-corrected chi connectivity index (χ4v) is 1.92. The van der Waals surface area contributed by atoms with Gasteiger partial charge >= 0.3 is 0 Å². The lowest BCUT2D eigenvalue weighted by molar-refractivity contribution is 0.396. The molecular formula is C16H22O. The summed E-state index contributed by atoms with van der Waals surface area (Å²) < 4.78 is 5.56. The Bertz CT molecular complexity index is 443. The summed E-state index contributed by atoms with van der Waals surface area (Å²) >= 11 is 0. The van der Waals surface area contributed by atoms with Crippen molar-refractivity contribution in [3.05, 3.63) is 41.1 Å². The topological polar surface area (TPSA) is 9.23 Å². The summed E-state index contributed by atoms with van der Waals surface area (Å²) in [4.78, 5) is 0. The number of methoxy groups -OCH3 is 1. The van der Waals surface area contributed by atoms with Crippen molar-refractivity contribution >= 4 is 6.08 Å². The van der Waals surface area contributed by atoms with Gasteiger partial charge in [-0.25, -0.2) is 0 Å². The summed E-state index contributed by atoms with van der Waals surface area (Å²) in [6.45, 7) is 12.4. The molecule has 0 saturated heterocycles. The molecule has 0 fully saturated rings. The molecule has 92 valence electrons. The highest BCUT2D eigenvalue weighted by Gasteiger charge is 2.21. The van der Waals surface area contributed by atoms with Crippen LogP contribution in [0.25, 0.3) is 6.08 Å². The summed E-state index contributed by atoms with van der Waals surface area (Å²) in [7, 11) is 1.72. The first-order chi connectivity index (χ1) is 7.93. The molecule has 0 aromatic heterocycles. The van der Waals surface area contributed by atoms with Crippen molar-refractivity contribution in [2.75, 3.05) is 7.11 Å². The molecule has 0 saturated carbocycles. The Morgan fingerprint density at radius 3 is 2.41 bits per heavy atom. The van der Waals surface area contributed by atoms with Gasteiger partial charge < -0.3 is 4.74 Å². The van der Waals surface area contributed by atoms with Gasteiger partial charge in [0.05, 0.1) is 7.11 Å². The average molecular weight is 230 g/mol. The van der Waals surface area contributed by atoms with Gasteiger partial charge in [-0.05, 0) is 29.5 Å². The van der Waals surface area contributed by atoms with Crippen LogP contribution in [-0.4, -0.2) is 7.11 Å². The predicted molar refractivity (Wildman–Crippen MR) is 74.7 cm³/mol. The maximum Gasteiger partial charge on any atom is 0.130 e. The van der Waals surface area contributed by atoms with E-state index >= 15 is 0 Å². The van der Waals surface area contributed by atoms with E-state index in [1.807, 2.05) is 6.08 Å². The number of hydrogen-bond donors (Lipinski definition) is 0. The van der Waals surface area contributed by atoms with E-state index in [9.17, 15) is 0 Å². The highest BCUT2D eigenvalue weighted by Crippen LogP contribution is 2.35. The highest BCUT2D eigenvalue weighted by molar-refractivity contribution is 5.62. The minimum atomic E-state index is 0.0697. The first-order valence-corrected chi connectivity index (χ1v) is 6.01. The van der Waals surface area contributed by atoms with Gasteiger partial charge in [-0.2, -0.15) is 0 Å². The molecule has 0 N–H and O–H groups in total. The third kappa shape index (κ3) is 3.01. The van der Waals surface area contributed by atoms with E-state index in [1.54, 1.807) is 7.11 Å². The molecule has 0 atom stereocenters. The van der Waals surface area contributed by atoms with E-state index in [0.29, 0.717) is 0 Å². The van der Waals surface area contributed by atoms with Crippen LogP contribution in [0.15, 0.2) is 24.4 Å². The van der Waals surface area contributed by atoms with Crippen LogP contribution in [0.3, 0.4) is 0 Å². The van der Waals surface area contributed by atoms with E-state index < -0.39 is 0 Å². The molecule has 1 nitrogen and oxygen atoms in total. The van der Waals surface area contributed by atoms with E-state index in [-0.39, 0.29) is 5.41 Å². The van der Waals surface area contributed by atoms with Gasteiger partial charge in [-0.15, -0.1) is 5.73 Å². The quantitative estimate of drug-likeness (QED) is 0.701. The third-order valence-electron chi connectivity index (χ3n) is 2.86. The molecule has 1 heteroatoms. The molecule has 0 spiro atoms. The van der Waals surface area contributed by atoms with Gasteiger partial charge in [-0.1, -0.05) is 40.3 Å². The molecule has 0 radical (unpaired) electrons. The van der Waals surface area contributed by atoms with E-state index in [4.69, 9.17) is 4.74 Å². The zero-order chi connectivity index (χ0) is 13.1. The first-order valence-electron chi connectivity index (χ1n) is 6.01. The number of ether oxygens (including phenoxy) is 1. The lowest BCUT2D eigenvalue weighted by Gasteiger charge is -2.24. The Hall–Kier alpha value is -1.46. The van der Waals surface area contributed by atoms with E-state index in [1.165, 1.54) is 11.1 Å². The largest absolute Gasteiger partial charge is 0.496 e. The zero-order valence-corrected chi connectivity index (χ0v) is 11.6. The minimum absolute atomic E-state index is 0.0697. The fourth-order valence-electron chi connectivity index (χ4n) is 1.92. The van der Waals surface area contributed by atoms with Crippen molar-refractivity contribution in [1.82, 2.24) is 0 Å². The van der Waals surface area contributed by atoms with Crippen LogP contribution in [0.4, 0.5) is 0 Å². The molecule has 0 heterocycles.